The van der Waals surface area contributed by atoms with Gasteiger partial charge in [-0.15, -0.1) is 6.58 Å². The van der Waals surface area contributed by atoms with E-state index in [1.807, 2.05) is 6.08 Å². The Kier molecular flexibility index (Phi) is 8.45. The zero-order valence-corrected chi connectivity index (χ0v) is 13.5. The van der Waals surface area contributed by atoms with Gasteiger partial charge < -0.3 is 5.32 Å². The molecule has 0 aromatic rings. The summed E-state index contributed by atoms with van der Waals surface area (Å²) in [5.41, 5.74) is 0. The Hall–Kier alpha value is -0.300. The minimum absolute atomic E-state index is 0.761. The van der Waals surface area contributed by atoms with E-state index in [4.69, 9.17) is 0 Å². The molecule has 19 heavy (non-hydrogen) atoms. The molecule has 0 heterocycles. The van der Waals surface area contributed by atoms with Crippen LogP contribution in [0.1, 0.15) is 71.6 Å². The van der Waals surface area contributed by atoms with Crippen LogP contribution in [0.3, 0.4) is 0 Å². The van der Waals surface area contributed by atoms with Crippen molar-refractivity contribution in [3.63, 3.8) is 0 Å². The molecule has 0 bridgehead atoms. The van der Waals surface area contributed by atoms with Gasteiger partial charge in [0, 0.05) is 6.04 Å². The van der Waals surface area contributed by atoms with Gasteiger partial charge in [0.2, 0.25) is 0 Å². The third kappa shape index (κ3) is 6.12. The number of unbranched alkanes of at least 4 members (excludes halogenated alkanes) is 3. The molecule has 0 aliphatic heterocycles. The predicted molar refractivity (Wildman–Crippen MR) is 86.4 cm³/mol. The topological polar surface area (TPSA) is 12.0 Å². The van der Waals surface area contributed by atoms with Crippen LogP contribution in [0.2, 0.25) is 0 Å². The molecule has 1 saturated carbocycles. The summed E-state index contributed by atoms with van der Waals surface area (Å²) in [5.74, 6) is 2.80. The third-order valence-corrected chi connectivity index (χ3v) is 5.12. The molecule has 1 atom stereocenters. The van der Waals surface area contributed by atoms with E-state index in [-0.39, 0.29) is 0 Å². The lowest BCUT2D eigenvalue weighted by Gasteiger charge is -2.35. The highest BCUT2D eigenvalue weighted by Crippen LogP contribution is 2.35. The molecule has 1 fully saturated rings. The summed E-state index contributed by atoms with van der Waals surface area (Å²) in [6.45, 7) is 8.57. The first-order chi connectivity index (χ1) is 9.19. The summed E-state index contributed by atoms with van der Waals surface area (Å²) in [6.07, 6.45) is 14.5. The lowest BCUT2D eigenvalue weighted by Crippen LogP contribution is -2.36. The second kappa shape index (κ2) is 9.58. The zero-order valence-electron chi connectivity index (χ0n) is 13.5. The van der Waals surface area contributed by atoms with E-state index < -0.39 is 0 Å². The Morgan fingerprint density at radius 3 is 2.21 bits per heavy atom. The number of nitrogens with one attached hydrogen (secondary N) is 1. The summed E-state index contributed by atoms with van der Waals surface area (Å²) >= 11 is 0. The van der Waals surface area contributed by atoms with Crippen molar-refractivity contribution < 1.29 is 0 Å². The van der Waals surface area contributed by atoms with Gasteiger partial charge in [0.25, 0.3) is 0 Å². The monoisotopic (exact) mass is 265 g/mol. The summed E-state index contributed by atoms with van der Waals surface area (Å²) in [7, 11) is 2.16. The van der Waals surface area contributed by atoms with Gasteiger partial charge in [0.05, 0.1) is 0 Å². The normalized spacial score (nSPS) is 25.5. The zero-order chi connectivity index (χ0) is 14.1. The molecule has 1 aliphatic rings. The Labute approximate surface area is 121 Å². The average Bonchev–Trinajstić information content (AvgIpc) is 2.43. The van der Waals surface area contributed by atoms with E-state index in [1.165, 1.54) is 57.8 Å². The first-order valence-electron chi connectivity index (χ1n) is 8.47. The van der Waals surface area contributed by atoms with E-state index in [1.54, 1.807) is 0 Å². The maximum Gasteiger partial charge on any atom is 0.00923 e. The van der Waals surface area contributed by atoms with Crippen molar-refractivity contribution in [3.8, 4) is 0 Å². The van der Waals surface area contributed by atoms with E-state index in [0.29, 0.717) is 0 Å². The number of allylic oxidation sites excluding steroid dienone is 1. The van der Waals surface area contributed by atoms with Crippen LogP contribution in [0.4, 0.5) is 0 Å². The Bertz CT molecular complexity index is 226. The Morgan fingerprint density at radius 2 is 1.68 bits per heavy atom. The van der Waals surface area contributed by atoms with Crippen molar-refractivity contribution in [1.82, 2.24) is 5.32 Å². The lowest BCUT2D eigenvalue weighted by molar-refractivity contribution is 0.186. The maximum atomic E-state index is 3.79. The minimum atomic E-state index is 0.761. The predicted octanol–water partition coefficient (Wildman–Crippen LogP) is 5.17. The molecule has 0 saturated heterocycles. The Morgan fingerprint density at radius 1 is 1.05 bits per heavy atom. The molecule has 112 valence electrons. The van der Waals surface area contributed by atoms with Crippen molar-refractivity contribution >= 4 is 0 Å². The number of rotatable bonds is 9. The second-order valence-electron chi connectivity index (χ2n) is 6.74. The van der Waals surface area contributed by atoms with Crippen molar-refractivity contribution in [2.24, 2.45) is 17.8 Å². The standard InChI is InChI=1S/C18H35N/c1-5-6-7-8-9-10-18(19-4)17-13-11-16(12-14-17)15(2)3/h5,15-19H,1,6-14H2,2-4H3. The first kappa shape index (κ1) is 16.8. The summed E-state index contributed by atoms with van der Waals surface area (Å²) in [5, 5.41) is 3.59. The maximum absolute atomic E-state index is 3.79. The van der Waals surface area contributed by atoms with E-state index in [0.717, 1.165) is 23.8 Å². The fourth-order valence-corrected chi connectivity index (χ4v) is 3.66. The van der Waals surface area contributed by atoms with Gasteiger partial charge in [0.15, 0.2) is 0 Å². The van der Waals surface area contributed by atoms with Gasteiger partial charge in [-0.2, -0.15) is 0 Å². The van der Waals surface area contributed by atoms with Crippen molar-refractivity contribution in [2.45, 2.75) is 77.7 Å². The highest BCUT2D eigenvalue weighted by atomic mass is 14.9. The largest absolute Gasteiger partial charge is 0.317 e. The highest BCUT2D eigenvalue weighted by Gasteiger charge is 2.27. The molecular weight excluding hydrogens is 230 g/mol. The van der Waals surface area contributed by atoms with Crippen LogP contribution in [-0.2, 0) is 0 Å². The van der Waals surface area contributed by atoms with Gasteiger partial charge in [-0.1, -0.05) is 32.8 Å². The van der Waals surface area contributed by atoms with E-state index in [9.17, 15) is 0 Å². The fourth-order valence-electron chi connectivity index (χ4n) is 3.66. The smallest absolute Gasteiger partial charge is 0.00923 e. The van der Waals surface area contributed by atoms with Crippen LogP contribution < -0.4 is 5.32 Å². The Balaban J connectivity index is 2.22. The molecule has 0 aromatic heterocycles. The van der Waals surface area contributed by atoms with Crippen LogP contribution in [0, 0.1) is 17.8 Å². The van der Waals surface area contributed by atoms with E-state index in [2.05, 4.69) is 32.8 Å². The third-order valence-electron chi connectivity index (χ3n) is 5.12. The van der Waals surface area contributed by atoms with Crippen LogP contribution in [-0.4, -0.2) is 13.1 Å². The van der Waals surface area contributed by atoms with Crippen molar-refractivity contribution in [2.75, 3.05) is 7.05 Å². The molecule has 0 aromatic carbocycles. The number of hydrogen-bond acceptors (Lipinski definition) is 1. The molecule has 1 aliphatic carbocycles. The van der Waals surface area contributed by atoms with E-state index >= 15 is 0 Å². The molecule has 1 rings (SSSR count). The quantitative estimate of drug-likeness (QED) is 0.448. The van der Waals surface area contributed by atoms with Gasteiger partial charge >= 0.3 is 0 Å². The van der Waals surface area contributed by atoms with Crippen LogP contribution in [0.25, 0.3) is 0 Å². The summed E-state index contributed by atoms with van der Waals surface area (Å²) < 4.78 is 0. The SMILES string of the molecule is C=CCCCCCC(NC)C1CCC(C(C)C)CC1. The lowest BCUT2D eigenvalue weighted by atomic mass is 9.74. The average molecular weight is 265 g/mol. The first-order valence-corrected chi connectivity index (χ1v) is 8.47. The molecule has 1 unspecified atom stereocenters. The minimum Gasteiger partial charge on any atom is -0.317 e. The van der Waals surface area contributed by atoms with Gasteiger partial charge in [0.1, 0.15) is 0 Å². The van der Waals surface area contributed by atoms with Gasteiger partial charge in [-0.05, 0) is 69.7 Å². The number of hydrogen-bond donors (Lipinski definition) is 1. The molecule has 1 heteroatoms. The molecule has 0 spiro atoms. The van der Waals surface area contributed by atoms with Crippen molar-refractivity contribution in [3.05, 3.63) is 12.7 Å². The molecular formula is C18H35N. The fraction of sp³-hybridized carbons (Fsp3) is 0.889. The summed E-state index contributed by atoms with van der Waals surface area (Å²) in [6, 6.07) is 0.761. The molecule has 0 radical (unpaired) electrons. The van der Waals surface area contributed by atoms with Crippen LogP contribution >= 0.6 is 0 Å². The molecule has 1 nitrogen and oxygen atoms in total. The highest BCUT2D eigenvalue weighted by molar-refractivity contribution is 4.82. The van der Waals surface area contributed by atoms with Crippen molar-refractivity contribution in [1.29, 1.82) is 0 Å². The second-order valence-corrected chi connectivity index (χ2v) is 6.74. The van der Waals surface area contributed by atoms with Crippen LogP contribution in [0.5, 0.6) is 0 Å². The molecule has 0 amide bonds. The molecule has 1 N–H and O–H groups in total. The van der Waals surface area contributed by atoms with Crippen LogP contribution in [0.15, 0.2) is 12.7 Å². The summed E-state index contributed by atoms with van der Waals surface area (Å²) in [4.78, 5) is 0. The van der Waals surface area contributed by atoms with Gasteiger partial charge in [-0.3, -0.25) is 0 Å². The van der Waals surface area contributed by atoms with Gasteiger partial charge in [-0.25, -0.2) is 0 Å².